The maximum absolute atomic E-state index is 12.8. The zero-order chi connectivity index (χ0) is 17.7. The number of rotatable bonds is 2. The topological polar surface area (TPSA) is 72.1 Å². The van der Waals surface area contributed by atoms with E-state index < -0.39 is 0 Å². The van der Waals surface area contributed by atoms with Crippen molar-refractivity contribution in [1.29, 1.82) is 0 Å². The summed E-state index contributed by atoms with van der Waals surface area (Å²) in [6.07, 6.45) is 0. The molecule has 0 radical (unpaired) electrons. The van der Waals surface area contributed by atoms with Gasteiger partial charge in [0.25, 0.3) is 5.91 Å². The van der Waals surface area contributed by atoms with E-state index in [4.69, 9.17) is 17.3 Å². The van der Waals surface area contributed by atoms with Crippen LogP contribution in [0.15, 0.2) is 24.3 Å². The molecule has 0 unspecified atom stereocenters. The third kappa shape index (κ3) is 2.65. The summed E-state index contributed by atoms with van der Waals surface area (Å²) in [4.78, 5) is 15.9. The molecule has 1 amide bonds. The van der Waals surface area contributed by atoms with E-state index in [1.807, 2.05) is 43.0 Å². The molecule has 2 aromatic heterocycles. The SMILES string of the molecule is Cc1nnc2sc(C(=O)N3CC(c4ccc(Cl)cc4)C3)c(N)c2c1C. The number of fused-ring (bicyclic) bond motifs is 1. The predicted molar refractivity (Wildman–Crippen MR) is 101 cm³/mol. The number of likely N-dealkylation sites (tertiary alicyclic amines) is 1. The second kappa shape index (κ2) is 5.97. The Bertz CT molecular complexity index is 977. The van der Waals surface area contributed by atoms with E-state index in [0.29, 0.717) is 29.6 Å². The van der Waals surface area contributed by atoms with E-state index in [0.717, 1.165) is 26.5 Å². The zero-order valence-corrected chi connectivity index (χ0v) is 15.5. The number of benzene rings is 1. The van der Waals surface area contributed by atoms with Gasteiger partial charge in [-0.15, -0.1) is 16.4 Å². The minimum Gasteiger partial charge on any atom is -0.397 e. The van der Waals surface area contributed by atoms with E-state index in [1.54, 1.807) is 0 Å². The van der Waals surface area contributed by atoms with Crippen LogP contribution in [0.25, 0.3) is 10.2 Å². The third-order valence-corrected chi connectivity index (χ3v) is 6.17. The molecule has 2 N–H and O–H groups in total. The van der Waals surface area contributed by atoms with Gasteiger partial charge in [-0.2, -0.15) is 5.10 Å². The highest BCUT2D eigenvalue weighted by Crippen LogP contribution is 2.37. The molecule has 4 rings (SSSR count). The van der Waals surface area contributed by atoms with E-state index in [-0.39, 0.29) is 5.91 Å². The number of aryl methyl sites for hydroxylation is 2. The molecule has 25 heavy (non-hydrogen) atoms. The molecule has 3 heterocycles. The van der Waals surface area contributed by atoms with Crippen molar-refractivity contribution in [1.82, 2.24) is 15.1 Å². The summed E-state index contributed by atoms with van der Waals surface area (Å²) in [6.45, 7) is 5.24. The minimum atomic E-state index is -0.0252. The molecular formula is C18H17ClN4OS. The van der Waals surface area contributed by atoms with Crippen molar-refractivity contribution >= 4 is 44.7 Å². The molecule has 1 aliphatic heterocycles. The van der Waals surface area contributed by atoms with Gasteiger partial charge in [0.05, 0.1) is 11.4 Å². The monoisotopic (exact) mass is 372 g/mol. The van der Waals surface area contributed by atoms with Crippen LogP contribution in [0.5, 0.6) is 0 Å². The Labute approximate surface area is 154 Å². The van der Waals surface area contributed by atoms with Gasteiger partial charge >= 0.3 is 0 Å². The van der Waals surface area contributed by atoms with Crippen molar-refractivity contribution in [2.75, 3.05) is 18.8 Å². The largest absolute Gasteiger partial charge is 0.397 e. The van der Waals surface area contributed by atoms with Crippen molar-refractivity contribution in [3.63, 3.8) is 0 Å². The number of carbonyl (C=O) groups excluding carboxylic acids is 1. The van der Waals surface area contributed by atoms with Crippen molar-refractivity contribution in [3.8, 4) is 0 Å². The number of thiophene rings is 1. The van der Waals surface area contributed by atoms with Gasteiger partial charge in [-0.05, 0) is 37.1 Å². The number of halogens is 1. The van der Waals surface area contributed by atoms with Crippen LogP contribution in [-0.2, 0) is 0 Å². The Morgan fingerprint density at radius 3 is 2.60 bits per heavy atom. The molecule has 1 fully saturated rings. The van der Waals surface area contributed by atoms with Gasteiger partial charge in [-0.3, -0.25) is 4.79 Å². The fourth-order valence-electron chi connectivity index (χ4n) is 3.13. The van der Waals surface area contributed by atoms with Crippen LogP contribution in [0.1, 0.15) is 32.4 Å². The first-order valence-electron chi connectivity index (χ1n) is 8.02. The van der Waals surface area contributed by atoms with Gasteiger partial charge in [-0.1, -0.05) is 23.7 Å². The van der Waals surface area contributed by atoms with Gasteiger partial charge in [-0.25, -0.2) is 0 Å². The number of hydrogen-bond acceptors (Lipinski definition) is 5. The Hall–Kier alpha value is -2.18. The highest BCUT2D eigenvalue weighted by molar-refractivity contribution is 7.21. The molecule has 3 aromatic rings. The molecule has 5 nitrogen and oxygen atoms in total. The van der Waals surface area contributed by atoms with Crippen LogP contribution in [-0.4, -0.2) is 34.1 Å². The van der Waals surface area contributed by atoms with Crippen molar-refractivity contribution < 1.29 is 4.79 Å². The molecule has 0 aliphatic carbocycles. The Morgan fingerprint density at radius 2 is 1.92 bits per heavy atom. The number of nitrogen functional groups attached to an aromatic ring is 1. The van der Waals surface area contributed by atoms with Crippen molar-refractivity contribution in [2.24, 2.45) is 0 Å². The fourth-order valence-corrected chi connectivity index (χ4v) is 4.33. The van der Waals surface area contributed by atoms with E-state index in [9.17, 15) is 4.79 Å². The van der Waals surface area contributed by atoms with Crippen LogP contribution in [0, 0.1) is 13.8 Å². The zero-order valence-electron chi connectivity index (χ0n) is 13.9. The smallest absolute Gasteiger partial charge is 0.266 e. The van der Waals surface area contributed by atoms with Crippen LogP contribution < -0.4 is 5.73 Å². The summed E-state index contributed by atoms with van der Waals surface area (Å²) in [7, 11) is 0. The number of nitrogens with zero attached hydrogens (tertiary/aromatic N) is 3. The minimum absolute atomic E-state index is 0.0252. The number of anilines is 1. The fraction of sp³-hybridized carbons (Fsp3) is 0.278. The first-order valence-corrected chi connectivity index (χ1v) is 9.21. The lowest BCUT2D eigenvalue weighted by molar-refractivity contribution is 0.0608. The quantitative estimate of drug-likeness (QED) is 0.742. The first kappa shape index (κ1) is 16.3. The molecule has 0 bridgehead atoms. The number of aromatic nitrogens is 2. The molecule has 1 aliphatic rings. The average molecular weight is 373 g/mol. The summed E-state index contributed by atoms with van der Waals surface area (Å²) in [6, 6.07) is 7.80. The summed E-state index contributed by atoms with van der Waals surface area (Å²) >= 11 is 7.25. The number of nitrogens with two attached hydrogens (primary N) is 1. The lowest BCUT2D eigenvalue weighted by atomic mass is 9.91. The third-order valence-electron chi connectivity index (χ3n) is 4.84. The van der Waals surface area contributed by atoms with Crippen LogP contribution in [0.4, 0.5) is 5.69 Å². The molecule has 7 heteroatoms. The molecule has 0 atom stereocenters. The summed E-state index contributed by atoms with van der Waals surface area (Å²) in [5, 5.41) is 9.89. The Balaban J connectivity index is 1.57. The van der Waals surface area contributed by atoms with Crippen LogP contribution >= 0.6 is 22.9 Å². The van der Waals surface area contributed by atoms with Gasteiger partial charge in [0.15, 0.2) is 0 Å². The van der Waals surface area contributed by atoms with Gasteiger partial charge in [0.1, 0.15) is 9.71 Å². The number of amides is 1. The van der Waals surface area contributed by atoms with Gasteiger partial charge in [0.2, 0.25) is 0 Å². The molecule has 0 spiro atoms. The maximum Gasteiger partial charge on any atom is 0.266 e. The van der Waals surface area contributed by atoms with E-state index in [1.165, 1.54) is 16.9 Å². The van der Waals surface area contributed by atoms with Crippen molar-refractivity contribution in [2.45, 2.75) is 19.8 Å². The van der Waals surface area contributed by atoms with Crippen LogP contribution in [0.3, 0.4) is 0 Å². The van der Waals surface area contributed by atoms with Gasteiger partial charge in [0, 0.05) is 29.4 Å². The lowest BCUT2D eigenvalue weighted by Gasteiger charge is -2.39. The highest BCUT2D eigenvalue weighted by atomic mass is 35.5. The molecular weight excluding hydrogens is 356 g/mol. The summed E-state index contributed by atoms with van der Waals surface area (Å²) in [5.41, 5.74) is 9.82. The van der Waals surface area contributed by atoms with Crippen molar-refractivity contribution in [3.05, 3.63) is 51.0 Å². The predicted octanol–water partition coefficient (Wildman–Crippen LogP) is 3.78. The molecule has 128 valence electrons. The van der Waals surface area contributed by atoms with E-state index >= 15 is 0 Å². The van der Waals surface area contributed by atoms with E-state index in [2.05, 4.69) is 10.2 Å². The number of hydrogen-bond donors (Lipinski definition) is 1. The molecule has 0 saturated carbocycles. The number of carbonyl (C=O) groups is 1. The Morgan fingerprint density at radius 1 is 1.24 bits per heavy atom. The lowest BCUT2D eigenvalue weighted by Crippen LogP contribution is -2.48. The second-order valence-electron chi connectivity index (χ2n) is 6.39. The molecule has 1 saturated heterocycles. The normalized spacial score (nSPS) is 14.8. The standard InChI is InChI=1S/C18H17ClN4OS/c1-9-10(2)21-22-17-14(9)15(20)16(25-17)18(24)23-7-12(8-23)11-3-5-13(19)6-4-11/h3-6,12H,7-8,20H2,1-2H3. The second-order valence-corrected chi connectivity index (χ2v) is 7.83. The van der Waals surface area contributed by atoms with Crippen LogP contribution in [0.2, 0.25) is 5.02 Å². The summed E-state index contributed by atoms with van der Waals surface area (Å²) in [5.74, 6) is 0.323. The Kier molecular flexibility index (Phi) is 3.89. The average Bonchev–Trinajstić information content (AvgIpc) is 2.89. The highest BCUT2D eigenvalue weighted by Gasteiger charge is 2.34. The maximum atomic E-state index is 12.8. The molecule has 1 aromatic carbocycles. The van der Waals surface area contributed by atoms with Gasteiger partial charge < -0.3 is 10.6 Å². The first-order chi connectivity index (χ1) is 12.0. The summed E-state index contributed by atoms with van der Waals surface area (Å²) < 4.78 is 0.